The van der Waals surface area contributed by atoms with Gasteiger partial charge in [0.2, 0.25) is 0 Å². The van der Waals surface area contributed by atoms with Gasteiger partial charge in [0.05, 0.1) is 15.7 Å². The van der Waals surface area contributed by atoms with E-state index >= 15 is 0 Å². The van der Waals surface area contributed by atoms with E-state index in [1.165, 1.54) is 6.07 Å². The number of benzene rings is 1. The van der Waals surface area contributed by atoms with Crippen molar-refractivity contribution in [3.63, 3.8) is 0 Å². The molecular formula is C14H9BrF2N2O. The summed E-state index contributed by atoms with van der Waals surface area (Å²) < 4.78 is 29.5. The van der Waals surface area contributed by atoms with Gasteiger partial charge >= 0.3 is 0 Å². The molecule has 20 heavy (non-hydrogen) atoms. The molecule has 2 heterocycles. The lowest BCUT2D eigenvalue weighted by Crippen LogP contribution is -2.06. The summed E-state index contributed by atoms with van der Waals surface area (Å²) in [6.07, 6.45) is 1.82. The number of hydrogen-bond donors (Lipinski definition) is 1. The maximum atomic E-state index is 14.0. The van der Waals surface area contributed by atoms with Crippen LogP contribution >= 0.6 is 15.9 Å². The molecule has 1 unspecified atom stereocenters. The normalized spacial score (nSPS) is 12.8. The lowest BCUT2D eigenvalue weighted by molar-refractivity contribution is 0.204. The van der Waals surface area contributed by atoms with Crippen molar-refractivity contribution in [3.05, 3.63) is 70.1 Å². The molecule has 3 aromatic rings. The van der Waals surface area contributed by atoms with Crippen LogP contribution in [0.3, 0.4) is 0 Å². The van der Waals surface area contributed by atoms with Gasteiger partial charge in [-0.2, -0.15) is 0 Å². The molecular weight excluding hydrogens is 330 g/mol. The van der Waals surface area contributed by atoms with E-state index in [4.69, 9.17) is 0 Å². The van der Waals surface area contributed by atoms with Crippen molar-refractivity contribution in [2.75, 3.05) is 0 Å². The summed E-state index contributed by atoms with van der Waals surface area (Å²) in [5.41, 5.74) is 0.368. The highest BCUT2D eigenvalue weighted by atomic mass is 79.9. The number of aliphatic hydroxyl groups excluding tert-OH is 1. The number of aromatic nitrogens is 2. The summed E-state index contributed by atoms with van der Waals surface area (Å²) in [7, 11) is 0. The lowest BCUT2D eigenvalue weighted by Gasteiger charge is -2.11. The molecule has 0 saturated heterocycles. The molecule has 3 nitrogen and oxygen atoms in total. The van der Waals surface area contributed by atoms with Crippen LogP contribution in [0.5, 0.6) is 0 Å². The molecule has 1 aromatic carbocycles. The lowest BCUT2D eigenvalue weighted by atomic mass is 10.1. The Morgan fingerprint density at radius 1 is 1.20 bits per heavy atom. The van der Waals surface area contributed by atoms with E-state index in [0.717, 1.165) is 6.07 Å². The Morgan fingerprint density at radius 3 is 2.75 bits per heavy atom. The van der Waals surface area contributed by atoms with Crippen molar-refractivity contribution in [3.8, 4) is 0 Å². The van der Waals surface area contributed by atoms with E-state index in [9.17, 15) is 13.9 Å². The molecule has 0 fully saturated rings. The molecule has 0 saturated carbocycles. The van der Waals surface area contributed by atoms with E-state index in [1.54, 1.807) is 35.0 Å². The standard InChI is InChI=1S/C14H9BrF2N2O/c15-8-4-5-9(16)12(13(8)17)14(20)10-7-19-6-2-1-3-11(19)18-10/h1-7,14,20H. The summed E-state index contributed by atoms with van der Waals surface area (Å²) in [5.74, 6) is -1.63. The first-order chi connectivity index (χ1) is 9.58. The van der Waals surface area contributed by atoms with Crippen molar-refractivity contribution < 1.29 is 13.9 Å². The zero-order valence-electron chi connectivity index (χ0n) is 10.1. The minimum Gasteiger partial charge on any atom is -0.382 e. The quantitative estimate of drug-likeness (QED) is 0.726. The predicted octanol–water partition coefficient (Wildman–Crippen LogP) is 3.46. The van der Waals surface area contributed by atoms with Crippen LogP contribution in [0.4, 0.5) is 8.78 Å². The first kappa shape index (κ1) is 13.2. The fourth-order valence-electron chi connectivity index (χ4n) is 2.03. The molecule has 0 aliphatic rings. The number of pyridine rings is 1. The summed E-state index contributed by atoms with van der Waals surface area (Å²) in [6, 6.07) is 7.68. The van der Waals surface area contributed by atoms with Gasteiger partial charge in [-0.1, -0.05) is 6.07 Å². The molecule has 102 valence electrons. The molecule has 2 aromatic heterocycles. The number of rotatable bonds is 2. The third-order valence-electron chi connectivity index (χ3n) is 3.02. The van der Waals surface area contributed by atoms with E-state index in [-0.39, 0.29) is 10.2 Å². The number of hydrogen-bond acceptors (Lipinski definition) is 2. The van der Waals surface area contributed by atoms with Crippen LogP contribution in [0.2, 0.25) is 0 Å². The monoisotopic (exact) mass is 338 g/mol. The van der Waals surface area contributed by atoms with Crippen LogP contribution in [-0.2, 0) is 0 Å². The van der Waals surface area contributed by atoms with E-state index in [2.05, 4.69) is 20.9 Å². The van der Waals surface area contributed by atoms with Crippen molar-refractivity contribution >= 4 is 21.6 Å². The summed E-state index contributed by atoms with van der Waals surface area (Å²) >= 11 is 2.98. The second-order valence-electron chi connectivity index (χ2n) is 4.29. The Hall–Kier alpha value is -1.79. The van der Waals surface area contributed by atoms with Crippen molar-refractivity contribution in [1.29, 1.82) is 0 Å². The Balaban J connectivity index is 2.13. The average Bonchev–Trinajstić information content (AvgIpc) is 2.87. The van der Waals surface area contributed by atoms with E-state index in [0.29, 0.717) is 5.65 Å². The van der Waals surface area contributed by atoms with Crippen LogP contribution in [0, 0.1) is 11.6 Å². The average molecular weight is 339 g/mol. The fourth-order valence-corrected chi connectivity index (χ4v) is 2.37. The first-order valence-corrected chi connectivity index (χ1v) is 6.62. The largest absolute Gasteiger partial charge is 0.382 e. The summed E-state index contributed by atoms with van der Waals surface area (Å²) in [6.45, 7) is 0. The maximum Gasteiger partial charge on any atom is 0.146 e. The molecule has 3 rings (SSSR count). The van der Waals surface area contributed by atoms with E-state index in [1.807, 2.05) is 0 Å². The Bertz CT molecular complexity index is 755. The molecule has 1 atom stereocenters. The van der Waals surface area contributed by atoms with Gasteiger partial charge in [-0.3, -0.25) is 0 Å². The van der Waals surface area contributed by atoms with Crippen molar-refractivity contribution in [1.82, 2.24) is 9.38 Å². The first-order valence-electron chi connectivity index (χ1n) is 5.83. The smallest absolute Gasteiger partial charge is 0.146 e. The predicted molar refractivity (Wildman–Crippen MR) is 73.3 cm³/mol. The van der Waals surface area contributed by atoms with Gasteiger partial charge in [0.15, 0.2) is 0 Å². The van der Waals surface area contributed by atoms with Gasteiger partial charge in [0.1, 0.15) is 23.4 Å². The zero-order chi connectivity index (χ0) is 14.3. The Kier molecular flexibility index (Phi) is 3.27. The number of aliphatic hydroxyl groups is 1. The summed E-state index contributed by atoms with van der Waals surface area (Å²) in [5, 5.41) is 10.2. The van der Waals surface area contributed by atoms with Crippen LogP contribution < -0.4 is 0 Å². The molecule has 1 N–H and O–H groups in total. The highest BCUT2D eigenvalue weighted by molar-refractivity contribution is 9.10. The number of halogens is 3. The molecule has 0 amide bonds. The van der Waals surface area contributed by atoms with Crippen LogP contribution in [0.25, 0.3) is 5.65 Å². The van der Waals surface area contributed by atoms with Gasteiger partial charge in [-0.05, 0) is 40.2 Å². The van der Waals surface area contributed by atoms with Crippen LogP contribution in [0.15, 0.2) is 47.2 Å². The minimum absolute atomic E-state index is 0.0942. The SMILES string of the molecule is OC(c1cn2ccccc2n1)c1c(F)ccc(Br)c1F. The molecule has 0 bridgehead atoms. The molecule has 0 spiro atoms. The maximum absolute atomic E-state index is 14.0. The Labute approximate surface area is 121 Å². The number of fused-ring (bicyclic) bond motifs is 1. The molecule has 6 heteroatoms. The zero-order valence-corrected chi connectivity index (χ0v) is 11.7. The van der Waals surface area contributed by atoms with Gasteiger partial charge in [0, 0.05) is 12.4 Å². The summed E-state index contributed by atoms with van der Waals surface area (Å²) in [4.78, 5) is 4.17. The van der Waals surface area contributed by atoms with Gasteiger partial charge in [-0.15, -0.1) is 0 Å². The van der Waals surface area contributed by atoms with Gasteiger partial charge < -0.3 is 9.51 Å². The third kappa shape index (κ3) is 2.10. The van der Waals surface area contributed by atoms with Gasteiger partial charge in [-0.25, -0.2) is 13.8 Å². The topological polar surface area (TPSA) is 37.5 Å². The molecule has 0 aliphatic carbocycles. The fraction of sp³-hybridized carbons (Fsp3) is 0.0714. The van der Waals surface area contributed by atoms with Crippen LogP contribution in [-0.4, -0.2) is 14.5 Å². The minimum atomic E-state index is -1.47. The highest BCUT2D eigenvalue weighted by Crippen LogP contribution is 2.30. The van der Waals surface area contributed by atoms with Crippen molar-refractivity contribution in [2.24, 2.45) is 0 Å². The van der Waals surface area contributed by atoms with E-state index < -0.39 is 23.3 Å². The van der Waals surface area contributed by atoms with Crippen LogP contribution in [0.1, 0.15) is 17.4 Å². The molecule has 0 aliphatic heterocycles. The number of imidazole rings is 1. The highest BCUT2D eigenvalue weighted by Gasteiger charge is 2.23. The second kappa shape index (κ2) is 4.96. The van der Waals surface area contributed by atoms with Gasteiger partial charge in [0.25, 0.3) is 0 Å². The molecule has 0 radical (unpaired) electrons. The number of nitrogens with zero attached hydrogens (tertiary/aromatic N) is 2. The second-order valence-corrected chi connectivity index (χ2v) is 5.15. The Morgan fingerprint density at radius 2 is 2.00 bits per heavy atom. The third-order valence-corrected chi connectivity index (χ3v) is 3.63. The van der Waals surface area contributed by atoms with Crippen molar-refractivity contribution in [2.45, 2.75) is 6.10 Å².